The maximum atomic E-state index is 12.8. The van der Waals surface area contributed by atoms with Crippen LogP contribution in [0.4, 0.5) is 5.69 Å². The van der Waals surface area contributed by atoms with E-state index in [9.17, 15) is 17.7 Å². The first kappa shape index (κ1) is 31.8. The van der Waals surface area contributed by atoms with Crippen molar-refractivity contribution >= 4 is 49.9 Å². The zero-order valence-electron chi connectivity index (χ0n) is 22.6. The number of hydrogen-bond donors (Lipinski definition) is 3. The van der Waals surface area contributed by atoms with Crippen LogP contribution in [0.5, 0.6) is 5.75 Å². The summed E-state index contributed by atoms with van der Waals surface area (Å²) in [5.41, 5.74) is 1.20. The van der Waals surface area contributed by atoms with Gasteiger partial charge < -0.3 is 20.2 Å². The van der Waals surface area contributed by atoms with Crippen molar-refractivity contribution in [2.24, 2.45) is 8.80 Å². The summed E-state index contributed by atoms with van der Waals surface area (Å²) in [6.07, 6.45) is 1.25. The van der Waals surface area contributed by atoms with Crippen molar-refractivity contribution in [1.29, 1.82) is 0 Å². The minimum absolute atomic E-state index is 0.140. The van der Waals surface area contributed by atoms with Gasteiger partial charge in [-0.05, 0) is 32.4 Å². The first-order chi connectivity index (χ1) is 17.0. The van der Waals surface area contributed by atoms with Crippen LogP contribution >= 0.6 is 11.3 Å². The quantitative estimate of drug-likeness (QED) is 0.431. The van der Waals surface area contributed by atoms with E-state index in [4.69, 9.17) is 4.42 Å². The second kappa shape index (κ2) is 14.5. The molecule has 10 nitrogen and oxygen atoms in total. The van der Waals surface area contributed by atoms with Crippen LogP contribution in [0.25, 0.3) is 0 Å². The van der Waals surface area contributed by atoms with Crippen LogP contribution in [-0.4, -0.2) is 46.8 Å². The second-order valence-electron chi connectivity index (χ2n) is 7.51. The molecular weight excluding hydrogens is 522 g/mol. The van der Waals surface area contributed by atoms with Gasteiger partial charge in [-0.2, -0.15) is 4.31 Å². The van der Waals surface area contributed by atoms with Crippen LogP contribution in [0.2, 0.25) is 0 Å². The molecule has 0 radical (unpaired) electrons. The highest BCUT2D eigenvalue weighted by Gasteiger charge is 2.31. The fraction of sp³-hybridized carbons (Fsp3) is 0.565. The lowest BCUT2D eigenvalue weighted by Gasteiger charge is -2.17. The molecule has 3 N–H and O–H groups in total. The minimum atomic E-state index is -3.84. The summed E-state index contributed by atoms with van der Waals surface area (Å²) in [5.74, 6) is 1.45. The van der Waals surface area contributed by atoms with Crippen molar-refractivity contribution in [2.75, 3.05) is 18.4 Å². The molecule has 2 aromatic rings. The molecule has 13 heteroatoms. The van der Waals surface area contributed by atoms with Gasteiger partial charge >= 0.3 is 0 Å². The van der Waals surface area contributed by atoms with E-state index in [0.717, 1.165) is 22.7 Å². The fourth-order valence-electron chi connectivity index (χ4n) is 3.00. The Kier molecular flexibility index (Phi) is 12.8. The summed E-state index contributed by atoms with van der Waals surface area (Å²) >= 11 is -0.873. The maximum absolute atomic E-state index is 12.8. The first-order valence-electron chi connectivity index (χ1n) is 12.0. The molecule has 1 atom stereocenters. The predicted octanol–water partition coefficient (Wildman–Crippen LogP) is 5.04. The highest BCUT2D eigenvalue weighted by atomic mass is 32.2. The number of sulfonamides is 1. The van der Waals surface area contributed by atoms with Gasteiger partial charge in [0.1, 0.15) is 11.5 Å². The van der Waals surface area contributed by atoms with E-state index in [1.165, 1.54) is 10.7 Å². The fourth-order valence-corrected chi connectivity index (χ4v) is 6.73. The Morgan fingerprint density at radius 3 is 2.14 bits per heavy atom. The third-order valence-electron chi connectivity index (χ3n) is 4.76. The maximum Gasteiger partial charge on any atom is 0.269 e. The van der Waals surface area contributed by atoms with E-state index in [1.54, 1.807) is 20.8 Å². The number of amidine groups is 2. The number of rotatable bonds is 7. The molecule has 3 heterocycles. The zero-order chi connectivity index (χ0) is 27.6. The van der Waals surface area contributed by atoms with Crippen molar-refractivity contribution in [3.63, 3.8) is 0 Å². The second-order valence-corrected chi connectivity index (χ2v) is 11.7. The summed E-state index contributed by atoms with van der Waals surface area (Å²) in [6.45, 7) is 18.1. The predicted molar refractivity (Wildman–Crippen MR) is 150 cm³/mol. The largest absolute Gasteiger partial charge is 0.504 e. The molecule has 3 rings (SSSR count). The Morgan fingerprint density at radius 2 is 1.64 bits per heavy atom. The number of nitrogens with zero attached hydrogens (tertiary/aromatic N) is 3. The molecule has 0 aromatic carbocycles. The molecule has 204 valence electrons. The SMILES string of the molecule is CC.CCC.CCN(CC)S(=O)(=O)c1sc(C)c(NC2=NS(=O)N=C2NCc2cc(C)c(C)o2)c1O. The number of anilines is 1. The average molecular weight is 562 g/mol. The molecule has 0 saturated carbocycles. The molecule has 0 saturated heterocycles. The molecular formula is C23H39N5O5S3. The summed E-state index contributed by atoms with van der Waals surface area (Å²) in [5, 5.41) is 16.6. The molecule has 0 spiro atoms. The lowest BCUT2D eigenvalue weighted by Crippen LogP contribution is -2.33. The summed E-state index contributed by atoms with van der Waals surface area (Å²) in [7, 11) is -3.84. The Hall–Kier alpha value is -2.22. The summed E-state index contributed by atoms with van der Waals surface area (Å²) in [6, 6.07) is 1.89. The van der Waals surface area contributed by atoms with Crippen LogP contribution in [0.1, 0.15) is 69.9 Å². The normalized spacial score (nSPS) is 14.9. The molecule has 0 bridgehead atoms. The van der Waals surface area contributed by atoms with Crippen molar-refractivity contribution in [2.45, 2.75) is 79.5 Å². The van der Waals surface area contributed by atoms with Gasteiger partial charge in [0.15, 0.2) is 21.6 Å². The van der Waals surface area contributed by atoms with E-state index in [0.29, 0.717) is 17.2 Å². The Balaban J connectivity index is 0.00000120. The zero-order valence-corrected chi connectivity index (χ0v) is 25.0. The molecule has 2 aromatic heterocycles. The number of hydrogen-bond acceptors (Lipinski definition) is 8. The monoisotopic (exact) mass is 561 g/mol. The van der Waals surface area contributed by atoms with E-state index in [1.807, 2.05) is 33.8 Å². The Bertz CT molecular complexity index is 1180. The van der Waals surface area contributed by atoms with Crippen LogP contribution in [0.15, 0.2) is 23.5 Å². The Morgan fingerprint density at radius 1 is 1.08 bits per heavy atom. The highest BCUT2D eigenvalue weighted by molar-refractivity contribution is 7.91. The first-order valence-corrected chi connectivity index (χ1v) is 15.3. The van der Waals surface area contributed by atoms with E-state index in [-0.39, 0.29) is 34.7 Å². The summed E-state index contributed by atoms with van der Waals surface area (Å²) < 4.78 is 52.2. The van der Waals surface area contributed by atoms with E-state index < -0.39 is 26.9 Å². The topological polar surface area (TPSA) is 137 Å². The van der Waals surface area contributed by atoms with E-state index in [2.05, 4.69) is 33.3 Å². The molecule has 1 aliphatic rings. The molecule has 1 aliphatic heterocycles. The van der Waals surface area contributed by atoms with Gasteiger partial charge in [-0.1, -0.05) is 48.0 Å². The van der Waals surface area contributed by atoms with Gasteiger partial charge in [-0.25, -0.2) is 12.6 Å². The van der Waals surface area contributed by atoms with E-state index >= 15 is 0 Å². The average Bonchev–Trinajstić information content (AvgIpc) is 3.45. The van der Waals surface area contributed by atoms with Crippen molar-refractivity contribution in [3.05, 3.63) is 28.0 Å². The van der Waals surface area contributed by atoms with Gasteiger partial charge in [0, 0.05) is 18.0 Å². The third kappa shape index (κ3) is 7.64. The molecule has 0 aliphatic carbocycles. The van der Waals surface area contributed by atoms with Crippen molar-refractivity contribution < 1.29 is 22.2 Å². The third-order valence-corrected chi connectivity index (χ3v) is 9.07. The number of thiophene rings is 1. The molecule has 0 amide bonds. The summed E-state index contributed by atoms with van der Waals surface area (Å²) in [4.78, 5) is 0.542. The molecule has 36 heavy (non-hydrogen) atoms. The smallest absolute Gasteiger partial charge is 0.269 e. The van der Waals surface area contributed by atoms with Crippen LogP contribution in [0.3, 0.4) is 0 Å². The number of aryl methyl sites for hydroxylation is 3. The van der Waals surface area contributed by atoms with Gasteiger partial charge in [-0.15, -0.1) is 20.1 Å². The number of nitrogens with one attached hydrogen (secondary N) is 2. The lowest BCUT2D eigenvalue weighted by molar-refractivity contribution is 0.434. The number of furan rings is 1. The van der Waals surface area contributed by atoms with Crippen LogP contribution in [-0.2, 0) is 27.7 Å². The Labute approximate surface area is 221 Å². The van der Waals surface area contributed by atoms with Crippen molar-refractivity contribution in [3.8, 4) is 5.75 Å². The standard InChI is InChI=1S/C18H25N5O5S3.C3H8.C2H6/c1-6-23(7-2)31(26,27)18-15(24)14(12(5)29-18)20-17-16(21-30(25)22-17)19-9-13-8-10(3)11(4)28-13;1-3-2;1-2/h8,24H,6-7,9H2,1-5H3,(H,19,21)(H,20,22);3H2,1-2H3;1-2H3. The van der Waals surface area contributed by atoms with Crippen LogP contribution in [0, 0.1) is 20.8 Å². The van der Waals surface area contributed by atoms with Gasteiger partial charge in [0.25, 0.3) is 21.2 Å². The van der Waals surface area contributed by atoms with Gasteiger partial charge in [0.2, 0.25) is 0 Å². The van der Waals surface area contributed by atoms with Crippen LogP contribution < -0.4 is 10.6 Å². The molecule has 0 fully saturated rings. The van der Waals surface area contributed by atoms with Gasteiger partial charge in [0.05, 0.1) is 12.2 Å². The molecule has 1 unspecified atom stereocenters. The number of aromatic hydroxyl groups is 1. The minimum Gasteiger partial charge on any atom is -0.504 e. The van der Waals surface area contributed by atoms with Gasteiger partial charge in [-0.3, -0.25) is 0 Å². The lowest BCUT2D eigenvalue weighted by atomic mass is 10.3. The van der Waals surface area contributed by atoms with Crippen molar-refractivity contribution in [1.82, 2.24) is 9.62 Å². The highest BCUT2D eigenvalue weighted by Crippen LogP contribution is 2.43.